The van der Waals surface area contributed by atoms with Gasteiger partial charge in [-0.2, -0.15) is 4.72 Å². The Morgan fingerprint density at radius 1 is 1.25 bits per heavy atom. The molecule has 0 spiro atoms. The SMILES string of the molecule is Nc1cc(Cl)cc(S(=O)(=O)NC(CO)(CO)CO)c1F. The molecule has 0 saturated heterocycles. The molecule has 114 valence electrons. The Bertz CT molecular complexity index is 583. The molecule has 0 fully saturated rings. The molecule has 0 atom stereocenters. The van der Waals surface area contributed by atoms with E-state index in [4.69, 9.17) is 32.7 Å². The molecule has 6 N–H and O–H groups in total. The number of halogens is 2. The lowest BCUT2D eigenvalue weighted by molar-refractivity contribution is 0.0581. The maximum Gasteiger partial charge on any atom is 0.244 e. The van der Waals surface area contributed by atoms with E-state index in [1.54, 1.807) is 0 Å². The number of anilines is 1. The third kappa shape index (κ3) is 3.37. The molecule has 0 saturated carbocycles. The van der Waals surface area contributed by atoms with Crippen molar-refractivity contribution in [2.75, 3.05) is 25.6 Å². The minimum atomic E-state index is -4.50. The second-order valence-electron chi connectivity index (χ2n) is 4.17. The molecule has 1 aromatic rings. The van der Waals surface area contributed by atoms with Crippen molar-refractivity contribution in [2.45, 2.75) is 10.4 Å². The molecule has 0 aliphatic rings. The predicted molar refractivity (Wildman–Crippen MR) is 70.1 cm³/mol. The number of aliphatic hydroxyl groups excluding tert-OH is 3. The molecular formula is C10H14ClFN2O5S. The molecule has 1 aromatic carbocycles. The minimum absolute atomic E-state index is 0.105. The van der Waals surface area contributed by atoms with Crippen molar-refractivity contribution in [3.05, 3.63) is 23.0 Å². The van der Waals surface area contributed by atoms with Gasteiger partial charge < -0.3 is 21.1 Å². The van der Waals surface area contributed by atoms with Crippen molar-refractivity contribution in [3.63, 3.8) is 0 Å². The number of hydrogen-bond acceptors (Lipinski definition) is 6. The van der Waals surface area contributed by atoms with Crippen LogP contribution in [-0.2, 0) is 10.0 Å². The molecule has 10 heteroatoms. The highest BCUT2D eigenvalue weighted by Crippen LogP contribution is 2.26. The zero-order chi connectivity index (χ0) is 15.6. The zero-order valence-corrected chi connectivity index (χ0v) is 11.7. The molecule has 1 rings (SSSR count). The summed E-state index contributed by atoms with van der Waals surface area (Å²) in [5, 5.41) is 27.1. The van der Waals surface area contributed by atoms with E-state index >= 15 is 0 Å². The van der Waals surface area contributed by atoms with Crippen LogP contribution in [0.2, 0.25) is 5.02 Å². The Morgan fingerprint density at radius 2 is 1.75 bits per heavy atom. The Kier molecular flexibility index (Phi) is 5.30. The van der Waals surface area contributed by atoms with Crippen molar-refractivity contribution < 1.29 is 28.1 Å². The van der Waals surface area contributed by atoms with E-state index in [1.165, 1.54) is 0 Å². The van der Waals surface area contributed by atoms with E-state index in [9.17, 15) is 12.8 Å². The fourth-order valence-electron chi connectivity index (χ4n) is 1.37. The van der Waals surface area contributed by atoms with Crippen molar-refractivity contribution in [3.8, 4) is 0 Å². The van der Waals surface area contributed by atoms with E-state index < -0.39 is 51.8 Å². The zero-order valence-electron chi connectivity index (χ0n) is 10.2. The van der Waals surface area contributed by atoms with Crippen molar-refractivity contribution in [1.29, 1.82) is 0 Å². The molecule has 0 aromatic heterocycles. The molecule has 0 radical (unpaired) electrons. The van der Waals surface area contributed by atoms with Gasteiger partial charge in [-0.25, -0.2) is 12.8 Å². The quantitative estimate of drug-likeness (QED) is 0.428. The number of aliphatic hydroxyl groups is 3. The van der Waals surface area contributed by atoms with Crippen molar-refractivity contribution in [2.24, 2.45) is 0 Å². The van der Waals surface area contributed by atoms with Crippen LogP contribution in [-0.4, -0.2) is 49.1 Å². The summed E-state index contributed by atoms with van der Waals surface area (Å²) in [5.41, 5.74) is 2.88. The Hall–Kier alpha value is -0.970. The van der Waals surface area contributed by atoms with E-state index in [2.05, 4.69) is 0 Å². The average molecular weight is 329 g/mol. The van der Waals surface area contributed by atoms with E-state index in [-0.39, 0.29) is 5.02 Å². The maximum absolute atomic E-state index is 13.8. The second kappa shape index (κ2) is 6.20. The molecule has 0 aliphatic carbocycles. The Balaban J connectivity index is 3.31. The third-order valence-corrected chi connectivity index (χ3v) is 4.38. The first kappa shape index (κ1) is 17.1. The third-order valence-electron chi connectivity index (χ3n) is 2.58. The maximum atomic E-state index is 13.8. The van der Waals surface area contributed by atoms with Crippen LogP contribution >= 0.6 is 11.6 Å². The van der Waals surface area contributed by atoms with Crippen LogP contribution in [0.4, 0.5) is 10.1 Å². The molecular weight excluding hydrogens is 315 g/mol. The molecule has 0 heterocycles. The summed E-state index contributed by atoms with van der Waals surface area (Å²) < 4.78 is 39.7. The molecule has 20 heavy (non-hydrogen) atoms. The number of hydrogen-bond donors (Lipinski definition) is 5. The van der Waals surface area contributed by atoms with Crippen LogP contribution < -0.4 is 10.5 Å². The number of nitrogens with one attached hydrogen (secondary N) is 1. The first-order valence-corrected chi connectivity index (χ1v) is 7.18. The lowest BCUT2D eigenvalue weighted by Crippen LogP contribution is -2.56. The van der Waals surface area contributed by atoms with Gasteiger partial charge in [0, 0.05) is 5.02 Å². The van der Waals surface area contributed by atoms with Gasteiger partial charge in [0.25, 0.3) is 0 Å². The number of rotatable bonds is 6. The van der Waals surface area contributed by atoms with Gasteiger partial charge in [0.2, 0.25) is 10.0 Å². The topological polar surface area (TPSA) is 133 Å². The van der Waals surface area contributed by atoms with Gasteiger partial charge >= 0.3 is 0 Å². The number of nitrogen functional groups attached to an aromatic ring is 1. The average Bonchev–Trinajstić information content (AvgIpc) is 2.40. The number of sulfonamides is 1. The highest BCUT2D eigenvalue weighted by molar-refractivity contribution is 7.89. The van der Waals surface area contributed by atoms with Crippen LogP contribution in [0.15, 0.2) is 17.0 Å². The second-order valence-corrected chi connectivity index (χ2v) is 6.25. The fourth-order valence-corrected chi connectivity index (χ4v) is 3.17. The lowest BCUT2D eigenvalue weighted by atomic mass is 10.1. The standard InChI is InChI=1S/C10H14ClFN2O5S/c11-6-1-7(13)9(12)8(2-6)20(18,19)14-10(3-15,4-16)5-17/h1-2,14-17H,3-5,13H2. The summed E-state index contributed by atoms with van der Waals surface area (Å²) in [7, 11) is -4.50. The number of benzene rings is 1. The summed E-state index contributed by atoms with van der Waals surface area (Å²) >= 11 is 5.61. The summed E-state index contributed by atoms with van der Waals surface area (Å²) in [6.07, 6.45) is 0. The van der Waals surface area contributed by atoms with Gasteiger partial charge in [0.15, 0.2) is 5.82 Å². The first-order chi connectivity index (χ1) is 9.21. The smallest absolute Gasteiger partial charge is 0.244 e. The first-order valence-electron chi connectivity index (χ1n) is 5.32. The van der Waals surface area contributed by atoms with Gasteiger partial charge in [-0.05, 0) is 12.1 Å². The molecule has 0 unspecified atom stereocenters. The molecule has 7 nitrogen and oxygen atoms in total. The monoisotopic (exact) mass is 328 g/mol. The molecule has 0 bridgehead atoms. The molecule has 0 amide bonds. The van der Waals surface area contributed by atoms with Crippen LogP contribution in [0.25, 0.3) is 0 Å². The largest absolute Gasteiger partial charge is 0.396 e. The normalized spacial score (nSPS) is 12.7. The van der Waals surface area contributed by atoms with E-state index in [0.717, 1.165) is 12.1 Å². The number of nitrogens with two attached hydrogens (primary N) is 1. The van der Waals surface area contributed by atoms with Crippen LogP contribution in [0.1, 0.15) is 0 Å². The minimum Gasteiger partial charge on any atom is -0.396 e. The van der Waals surface area contributed by atoms with Gasteiger partial charge in [-0.3, -0.25) is 0 Å². The van der Waals surface area contributed by atoms with Crippen LogP contribution in [0, 0.1) is 5.82 Å². The van der Waals surface area contributed by atoms with Crippen LogP contribution in [0.3, 0.4) is 0 Å². The Labute approximate surface area is 119 Å². The highest BCUT2D eigenvalue weighted by atomic mass is 35.5. The molecule has 0 aliphatic heterocycles. The summed E-state index contributed by atoms with van der Waals surface area (Å²) in [5.74, 6) is -1.22. The summed E-state index contributed by atoms with van der Waals surface area (Å²) in [4.78, 5) is -0.845. The highest BCUT2D eigenvalue weighted by Gasteiger charge is 2.35. The van der Waals surface area contributed by atoms with Gasteiger partial charge in [0.1, 0.15) is 10.4 Å². The van der Waals surface area contributed by atoms with Crippen molar-refractivity contribution in [1.82, 2.24) is 4.72 Å². The van der Waals surface area contributed by atoms with Crippen LogP contribution in [0.5, 0.6) is 0 Å². The fraction of sp³-hybridized carbons (Fsp3) is 0.400. The van der Waals surface area contributed by atoms with Crippen molar-refractivity contribution >= 4 is 27.3 Å². The van der Waals surface area contributed by atoms with E-state index in [0.29, 0.717) is 0 Å². The predicted octanol–water partition coefficient (Wildman–Crippen LogP) is -0.945. The van der Waals surface area contributed by atoms with E-state index in [1.807, 2.05) is 4.72 Å². The lowest BCUT2D eigenvalue weighted by Gasteiger charge is -2.28. The van der Waals surface area contributed by atoms with Gasteiger partial charge in [-0.15, -0.1) is 0 Å². The Morgan fingerprint density at radius 3 is 2.20 bits per heavy atom. The summed E-state index contributed by atoms with van der Waals surface area (Å²) in [6.45, 7) is -2.68. The van der Waals surface area contributed by atoms with Gasteiger partial charge in [0.05, 0.1) is 25.5 Å². The van der Waals surface area contributed by atoms with Gasteiger partial charge in [-0.1, -0.05) is 11.6 Å². The summed E-state index contributed by atoms with van der Waals surface area (Å²) in [6, 6.07) is 1.86.